The summed E-state index contributed by atoms with van der Waals surface area (Å²) >= 11 is 16.7. The Hall–Kier alpha value is -1.93. The molecule has 1 amide bonds. The second-order valence-electron chi connectivity index (χ2n) is 5.26. The van der Waals surface area contributed by atoms with Crippen LogP contribution in [0.1, 0.15) is 20.4 Å². The zero-order valence-electron chi connectivity index (χ0n) is 13.9. The fraction of sp³-hybridized carbons (Fsp3) is 0.0556. The van der Waals surface area contributed by atoms with Gasteiger partial charge in [-0.15, -0.1) is 10.2 Å². The Kier molecular flexibility index (Phi) is 6.49. The van der Waals surface area contributed by atoms with Gasteiger partial charge in [-0.2, -0.15) is 0 Å². The van der Waals surface area contributed by atoms with Crippen LogP contribution >= 0.6 is 50.5 Å². The molecule has 9 heteroatoms. The van der Waals surface area contributed by atoms with Gasteiger partial charge in [0.25, 0.3) is 5.91 Å². The average Bonchev–Trinajstić information content (AvgIpc) is 3.14. The number of nitrogens with zero attached hydrogens (tertiary/aromatic N) is 2. The van der Waals surface area contributed by atoms with Crippen LogP contribution in [0.5, 0.6) is 5.75 Å². The van der Waals surface area contributed by atoms with Gasteiger partial charge >= 0.3 is 0 Å². The number of carbonyl (C=O) groups excluding carboxylic acids is 1. The minimum Gasteiger partial charge on any atom is -0.496 e. The quantitative estimate of drug-likeness (QED) is 0.485. The third-order valence-corrected chi connectivity index (χ3v) is 5.62. The fourth-order valence-corrected chi connectivity index (χ4v) is 3.72. The number of anilines is 1. The summed E-state index contributed by atoms with van der Waals surface area (Å²) in [7, 11) is 1.60. The van der Waals surface area contributed by atoms with Crippen molar-refractivity contribution in [2.45, 2.75) is 0 Å². The molecule has 1 aromatic heterocycles. The lowest BCUT2D eigenvalue weighted by molar-refractivity contribution is 0.102. The van der Waals surface area contributed by atoms with Crippen LogP contribution in [0.3, 0.4) is 0 Å². The van der Waals surface area contributed by atoms with Crippen LogP contribution in [0.15, 0.2) is 46.9 Å². The molecule has 0 aliphatic heterocycles. The van der Waals surface area contributed by atoms with Crippen molar-refractivity contribution in [3.8, 4) is 5.75 Å². The van der Waals surface area contributed by atoms with Gasteiger partial charge in [0.1, 0.15) is 5.75 Å². The molecule has 27 heavy (non-hydrogen) atoms. The van der Waals surface area contributed by atoms with E-state index in [1.54, 1.807) is 37.5 Å². The molecule has 0 fully saturated rings. The number of hydrogen-bond acceptors (Lipinski definition) is 5. The number of amides is 1. The number of halogens is 3. The van der Waals surface area contributed by atoms with Crippen molar-refractivity contribution in [2.24, 2.45) is 0 Å². The van der Waals surface area contributed by atoms with E-state index in [1.807, 2.05) is 18.2 Å². The Labute approximate surface area is 178 Å². The van der Waals surface area contributed by atoms with Gasteiger partial charge < -0.3 is 10.1 Å². The first-order valence-electron chi connectivity index (χ1n) is 7.58. The molecule has 2 aromatic carbocycles. The van der Waals surface area contributed by atoms with Crippen molar-refractivity contribution in [3.05, 3.63) is 67.5 Å². The van der Waals surface area contributed by atoms with E-state index in [9.17, 15) is 4.79 Å². The molecule has 1 N–H and O–H groups in total. The first-order valence-corrected chi connectivity index (χ1v) is 9.94. The minimum atomic E-state index is -0.363. The van der Waals surface area contributed by atoms with E-state index in [4.69, 9.17) is 27.9 Å². The molecule has 3 aromatic rings. The maximum atomic E-state index is 12.3. The number of methoxy groups -OCH3 is 1. The number of carbonyl (C=O) groups is 1. The summed E-state index contributed by atoms with van der Waals surface area (Å²) in [6.45, 7) is 0. The first-order chi connectivity index (χ1) is 13.0. The molecule has 138 valence electrons. The molecule has 0 aliphatic rings. The van der Waals surface area contributed by atoms with E-state index >= 15 is 0 Å². The van der Waals surface area contributed by atoms with Crippen LogP contribution in [0.2, 0.25) is 5.02 Å². The molecule has 0 saturated carbocycles. The minimum absolute atomic E-state index is 0.211. The van der Waals surface area contributed by atoms with E-state index in [0.29, 0.717) is 20.7 Å². The summed E-state index contributed by atoms with van der Waals surface area (Å²) in [6.07, 6.45) is 1.74. The van der Waals surface area contributed by atoms with E-state index < -0.39 is 0 Å². The fourth-order valence-electron chi connectivity index (χ4n) is 2.11. The van der Waals surface area contributed by atoms with E-state index in [-0.39, 0.29) is 10.9 Å². The third kappa shape index (κ3) is 5.07. The summed E-state index contributed by atoms with van der Waals surface area (Å²) in [5, 5.41) is 12.3. The Morgan fingerprint density at radius 3 is 2.56 bits per heavy atom. The van der Waals surface area contributed by atoms with Gasteiger partial charge in [0.15, 0.2) is 5.01 Å². The molecular formula is C18H12BrCl2N3O2S. The normalized spacial score (nSPS) is 11.3. The molecule has 3 rings (SSSR count). The van der Waals surface area contributed by atoms with Crippen LogP contribution in [0, 0.1) is 0 Å². The largest absolute Gasteiger partial charge is 0.496 e. The van der Waals surface area contributed by atoms with Gasteiger partial charge in [-0.25, -0.2) is 0 Å². The van der Waals surface area contributed by atoms with Gasteiger partial charge in [0.2, 0.25) is 5.01 Å². The third-order valence-electron chi connectivity index (χ3n) is 3.39. The molecule has 0 bridgehead atoms. The maximum absolute atomic E-state index is 12.3. The monoisotopic (exact) mass is 483 g/mol. The van der Waals surface area contributed by atoms with Crippen molar-refractivity contribution in [1.29, 1.82) is 0 Å². The Morgan fingerprint density at radius 2 is 1.89 bits per heavy atom. The Morgan fingerprint density at radius 1 is 1.19 bits per heavy atom. The van der Waals surface area contributed by atoms with Crippen molar-refractivity contribution >= 4 is 73.2 Å². The lowest BCUT2D eigenvalue weighted by Crippen LogP contribution is -2.11. The molecular weight excluding hydrogens is 473 g/mol. The number of aromatic nitrogens is 2. The summed E-state index contributed by atoms with van der Waals surface area (Å²) < 4.78 is 6.01. The summed E-state index contributed by atoms with van der Waals surface area (Å²) in [4.78, 5) is 12.3. The lowest BCUT2D eigenvalue weighted by atomic mass is 10.2. The van der Waals surface area contributed by atoms with Crippen molar-refractivity contribution in [1.82, 2.24) is 10.2 Å². The highest BCUT2D eigenvalue weighted by Gasteiger charge is 2.15. The highest BCUT2D eigenvalue weighted by Crippen LogP contribution is 2.30. The highest BCUT2D eigenvalue weighted by atomic mass is 79.9. The van der Waals surface area contributed by atoms with Crippen LogP contribution in [0.4, 0.5) is 5.69 Å². The zero-order valence-corrected chi connectivity index (χ0v) is 17.8. The summed E-state index contributed by atoms with van der Waals surface area (Å²) in [5.74, 6) is 0.359. The van der Waals surface area contributed by atoms with Gasteiger partial charge in [0, 0.05) is 10.7 Å². The summed E-state index contributed by atoms with van der Waals surface area (Å²) in [5.41, 5.74) is 1.47. The molecule has 0 spiro atoms. The lowest BCUT2D eigenvalue weighted by Gasteiger charge is -2.03. The molecule has 0 unspecified atom stereocenters. The van der Waals surface area contributed by atoms with E-state index in [0.717, 1.165) is 27.1 Å². The smallest absolute Gasteiger partial charge is 0.286 e. The van der Waals surface area contributed by atoms with Crippen LogP contribution in [-0.4, -0.2) is 23.2 Å². The second kappa shape index (κ2) is 8.84. The number of benzene rings is 2. The second-order valence-corrected chi connectivity index (χ2v) is 7.94. The van der Waals surface area contributed by atoms with Crippen LogP contribution < -0.4 is 10.1 Å². The Bertz CT molecular complexity index is 1010. The standard InChI is InChI=1S/C18H12BrCl2N3O2S/c1-26-15-7-2-10(8-13(15)19)9-14(21)17-23-24-18(27-17)16(25)22-12-5-3-11(20)4-6-12/h2-9H,1H3,(H,22,25)/b14-9-. The predicted octanol–water partition coefficient (Wildman–Crippen LogP) is 5.95. The van der Waals surface area contributed by atoms with E-state index in [1.165, 1.54) is 0 Å². The van der Waals surface area contributed by atoms with Gasteiger partial charge in [-0.1, -0.05) is 40.6 Å². The summed E-state index contributed by atoms with van der Waals surface area (Å²) in [6, 6.07) is 12.3. The Balaban J connectivity index is 1.75. The highest BCUT2D eigenvalue weighted by molar-refractivity contribution is 9.10. The van der Waals surface area contributed by atoms with Crippen molar-refractivity contribution in [2.75, 3.05) is 12.4 Å². The van der Waals surface area contributed by atoms with E-state index in [2.05, 4.69) is 31.4 Å². The molecule has 0 radical (unpaired) electrons. The topological polar surface area (TPSA) is 64.1 Å². The molecule has 1 heterocycles. The van der Waals surface area contributed by atoms with Gasteiger partial charge in [-0.05, 0) is 64.0 Å². The van der Waals surface area contributed by atoms with Gasteiger partial charge in [0.05, 0.1) is 16.6 Å². The zero-order chi connectivity index (χ0) is 19.4. The molecule has 0 saturated heterocycles. The number of rotatable bonds is 5. The van der Waals surface area contributed by atoms with Crippen LogP contribution in [-0.2, 0) is 0 Å². The van der Waals surface area contributed by atoms with Gasteiger partial charge in [-0.3, -0.25) is 4.79 Å². The predicted molar refractivity (Wildman–Crippen MR) is 114 cm³/mol. The molecule has 0 aliphatic carbocycles. The number of nitrogens with one attached hydrogen (secondary N) is 1. The first kappa shape index (κ1) is 19.8. The molecule has 5 nitrogen and oxygen atoms in total. The van der Waals surface area contributed by atoms with Crippen LogP contribution in [0.25, 0.3) is 11.1 Å². The maximum Gasteiger partial charge on any atom is 0.286 e. The van der Waals surface area contributed by atoms with Crippen molar-refractivity contribution in [3.63, 3.8) is 0 Å². The average molecular weight is 485 g/mol. The number of ether oxygens (including phenoxy) is 1. The number of hydrogen-bond donors (Lipinski definition) is 1. The SMILES string of the molecule is COc1ccc(/C=C(\Cl)c2nnc(C(=O)Nc3ccc(Cl)cc3)s2)cc1Br. The van der Waals surface area contributed by atoms with Crippen molar-refractivity contribution < 1.29 is 9.53 Å². The molecule has 0 atom stereocenters.